The molecule has 0 aliphatic rings. The van der Waals surface area contributed by atoms with Crippen molar-refractivity contribution in [1.82, 2.24) is 5.32 Å². The summed E-state index contributed by atoms with van der Waals surface area (Å²) in [4.78, 5) is 11.8. The number of alkyl carbamates (subject to hydrolysis) is 1. The van der Waals surface area contributed by atoms with Crippen molar-refractivity contribution in [2.75, 3.05) is 5.32 Å². The molecule has 23 heavy (non-hydrogen) atoms. The summed E-state index contributed by atoms with van der Waals surface area (Å²) < 4.78 is 10.8. The van der Waals surface area contributed by atoms with Crippen LogP contribution in [-0.2, 0) is 17.8 Å². The average Bonchev–Trinajstić information content (AvgIpc) is 2.87. The zero-order chi connectivity index (χ0) is 16.9. The standard InChI is InChI=1S/C18H24N2O3/c1-13-9-10-15(22-13)12-19-16-8-6-5-7-14(16)11-20-17(21)23-18(2,3)4/h5-10,19H,11-12H2,1-4H3,(H,20,21). The monoisotopic (exact) mass is 316 g/mol. The van der Waals surface area contributed by atoms with E-state index in [1.807, 2.05) is 64.1 Å². The van der Waals surface area contributed by atoms with Crippen LogP contribution in [0.25, 0.3) is 0 Å². The minimum Gasteiger partial charge on any atom is -0.465 e. The van der Waals surface area contributed by atoms with Gasteiger partial charge in [-0.05, 0) is 51.5 Å². The number of para-hydroxylation sites is 1. The van der Waals surface area contributed by atoms with Crippen molar-refractivity contribution < 1.29 is 13.9 Å². The third-order valence-corrected chi connectivity index (χ3v) is 3.09. The van der Waals surface area contributed by atoms with Crippen LogP contribution >= 0.6 is 0 Å². The van der Waals surface area contributed by atoms with E-state index in [9.17, 15) is 4.79 Å². The molecular formula is C18H24N2O3. The lowest BCUT2D eigenvalue weighted by Gasteiger charge is -2.20. The summed E-state index contributed by atoms with van der Waals surface area (Å²) in [7, 11) is 0. The normalized spacial score (nSPS) is 11.1. The molecule has 0 fully saturated rings. The van der Waals surface area contributed by atoms with Crippen LogP contribution in [0.3, 0.4) is 0 Å². The van der Waals surface area contributed by atoms with Gasteiger partial charge in [0.2, 0.25) is 0 Å². The highest BCUT2D eigenvalue weighted by atomic mass is 16.6. The highest BCUT2D eigenvalue weighted by Gasteiger charge is 2.16. The van der Waals surface area contributed by atoms with Gasteiger partial charge in [-0.1, -0.05) is 18.2 Å². The number of anilines is 1. The van der Waals surface area contributed by atoms with Gasteiger partial charge in [0.25, 0.3) is 0 Å². The molecule has 1 heterocycles. The third kappa shape index (κ3) is 5.70. The Hall–Kier alpha value is -2.43. The molecule has 5 nitrogen and oxygen atoms in total. The highest BCUT2D eigenvalue weighted by molar-refractivity contribution is 5.68. The number of furan rings is 1. The summed E-state index contributed by atoms with van der Waals surface area (Å²) in [6, 6.07) is 11.7. The molecule has 0 aliphatic heterocycles. The van der Waals surface area contributed by atoms with Crippen LogP contribution in [-0.4, -0.2) is 11.7 Å². The van der Waals surface area contributed by atoms with Crippen LogP contribution in [0.15, 0.2) is 40.8 Å². The summed E-state index contributed by atoms with van der Waals surface area (Å²) >= 11 is 0. The fraction of sp³-hybridized carbons (Fsp3) is 0.389. The number of nitrogens with one attached hydrogen (secondary N) is 2. The second kappa shape index (κ2) is 7.22. The molecule has 0 saturated carbocycles. The molecule has 2 N–H and O–H groups in total. The minimum absolute atomic E-state index is 0.398. The Morgan fingerprint density at radius 2 is 1.87 bits per heavy atom. The molecule has 0 aliphatic carbocycles. The lowest BCUT2D eigenvalue weighted by atomic mass is 10.1. The molecular weight excluding hydrogens is 292 g/mol. The molecule has 1 aromatic heterocycles. The van der Waals surface area contributed by atoms with Crippen LogP contribution < -0.4 is 10.6 Å². The van der Waals surface area contributed by atoms with Crippen molar-refractivity contribution in [3.63, 3.8) is 0 Å². The first-order chi connectivity index (χ1) is 10.8. The lowest BCUT2D eigenvalue weighted by molar-refractivity contribution is 0.0523. The smallest absolute Gasteiger partial charge is 0.407 e. The summed E-state index contributed by atoms with van der Waals surface area (Å²) in [5.41, 5.74) is 1.44. The van der Waals surface area contributed by atoms with Gasteiger partial charge in [-0.2, -0.15) is 0 Å². The van der Waals surface area contributed by atoms with E-state index in [2.05, 4.69) is 10.6 Å². The van der Waals surface area contributed by atoms with Crippen LogP contribution in [0.4, 0.5) is 10.5 Å². The van der Waals surface area contributed by atoms with Crippen molar-refractivity contribution in [3.05, 3.63) is 53.5 Å². The summed E-state index contributed by atoms with van der Waals surface area (Å²) in [6.07, 6.45) is -0.422. The van der Waals surface area contributed by atoms with E-state index in [-0.39, 0.29) is 0 Å². The van der Waals surface area contributed by atoms with Crippen molar-refractivity contribution in [1.29, 1.82) is 0 Å². The Morgan fingerprint density at radius 3 is 2.52 bits per heavy atom. The van der Waals surface area contributed by atoms with E-state index in [1.165, 1.54) is 0 Å². The van der Waals surface area contributed by atoms with Gasteiger partial charge in [0.15, 0.2) is 0 Å². The number of hydrogen-bond acceptors (Lipinski definition) is 4. The molecule has 2 aromatic rings. The number of ether oxygens (including phenoxy) is 1. The van der Waals surface area contributed by atoms with Gasteiger partial charge < -0.3 is 19.8 Å². The quantitative estimate of drug-likeness (QED) is 0.866. The summed E-state index contributed by atoms with van der Waals surface area (Å²) in [5.74, 6) is 1.76. The van der Waals surface area contributed by atoms with Crippen molar-refractivity contribution in [3.8, 4) is 0 Å². The Bertz CT molecular complexity index is 656. The Labute approximate surface area is 137 Å². The number of hydrogen-bond donors (Lipinski definition) is 2. The van der Waals surface area contributed by atoms with E-state index in [0.29, 0.717) is 13.1 Å². The fourth-order valence-electron chi connectivity index (χ4n) is 2.09. The molecule has 0 bridgehead atoms. The van der Waals surface area contributed by atoms with Gasteiger partial charge in [0.05, 0.1) is 6.54 Å². The first-order valence-electron chi connectivity index (χ1n) is 7.67. The molecule has 2 rings (SSSR count). The Balaban J connectivity index is 1.93. The lowest BCUT2D eigenvalue weighted by Crippen LogP contribution is -2.32. The summed E-state index contributed by atoms with van der Waals surface area (Å²) in [6.45, 7) is 8.43. The van der Waals surface area contributed by atoms with Gasteiger partial charge >= 0.3 is 6.09 Å². The van der Waals surface area contributed by atoms with Crippen LogP contribution in [0.1, 0.15) is 37.9 Å². The first kappa shape index (κ1) is 16.9. The van der Waals surface area contributed by atoms with Gasteiger partial charge in [-0.3, -0.25) is 0 Å². The van der Waals surface area contributed by atoms with E-state index >= 15 is 0 Å². The number of benzene rings is 1. The highest BCUT2D eigenvalue weighted by Crippen LogP contribution is 2.17. The number of aryl methyl sites for hydroxylation is 1. The number of amides is 1. The van der Waals surface area contributed by atoms with Crippen molar-refractivity contribution in [2.45, 2.75) is 46.4 Å². The zero-order valence-corrected chi connectivity index (χ0v) is 14.1. The number of rotatable bonds is 5. The molecule has 5 heteroatoms. The van der Waals surface area contributed by atoms with Crippen molar-refractivity contribution in [2.24, 2.45) is 0 Å². The van der Waals surface area contributed by atoms with Gasteiger partial charge in [-0.25, -0.2) is 4.79 Å². The Morgan fingerprint density at radius 1 is 1.13 bits per heavy atom. The molecule has 0 saturated heterocycles. The van der Waals surface area contributed by atoms with Crippen LogP contribution in [0, 0.1) is 6.92 Å². The van der Waals surface area contributed by atoms with E-state index in [0.717, 1.165) is 22.8 Å². The molecule has 0 unspecified atom stereocenters. The second-order valence-electron chi connectivity index (χ2n) is 6.38. The zero-order valence-electron chi connectivity index (χ0n) is 14.1. The van der Waals surface area contributed by atoms with E-state index in [1.54, 1.807) is 0 Å². The maximum Gasteiger partial charge on any atom is 0.407 e. The second-order valence-corrected chi connectivity index (χ2v) is 6.38. The van der Waals surface area contributed by atoms with Crippen LogP contribution in [0.5, 0.6) is 0 Å². The summed E-state index contributed by atoms with van der Waals surface area (Å²) in [5, 5.41) is 6.10. The van der Waals surface area contributed by atoms with Gasteiger partial charge in [0, 0.05) is 12.2 Å². The largest absolute Gasteiger partial charge is 0.465 e. The van der Waals surface area contributed by atoms with Crippen molar-refractivity contribution >= 4 is 11.8 Å². The molecule has 1 amide bonds. The maximum absolute atomic E-state index is 11.8. The number of carbonyl (C=O) groups excluding carboxylic acids is 1. The minimum atomic E-state index is -0.501. The SMILES string of the molecule is Cc1ccc(CNc2ccccc2CNC(=O)OC(C)(C)C)o1. The van der Waals surface area contributed by atoms with E-state index in [4.69, 9.17) is 9.15 Å². The molecule has 124 valence electrons. The fourth-order valence-corrected chi connectivity index (χ4v) is 2.09. The van der Waals surface area contributed by atoms with Crippen LogP contribution in [0.2, 0.25) is 0 Å². The number of carbonyl (C=O) groups is 1. The van der Waals surface area contributed by atoms with E-state index < -0.39 is 11.7 Å². The van der Waals surface area contributed by atoms with Gasteiger partial charge in [-0.15, -0.1) is 0 Å². The Kier molecular flexibility index (Phi) is 5.32. The van der Waals surface area contributed by atoms with Gasteiger partial charge in [0.1, 0.15) is 17.1 Å². The molecule has 0 spiro atoms. The average molecular weight is 316 g/mol. The molecule has 0 atom stereocenters. The molecule has 0 radical (unpaired) electrons. The maximum atomic E-state index is 11.8. The third-order valence-electron chi connectivity index (χ3n) is 3.09. The predicted octanol–water partition coefficient (Wildman–Crippen LogP) is 4.22. The molecule has 1 aromatic carbocycles. The topological polar surface area (TPSA) is 63.5 Å². The predicted molar refractivity (Wildman–Crippen MR) is 90.3 cm³/mol. The first-order valence-corrected chi connectivity index (χ1v) is 7.67.